The summed E-state index contributed by atoms with van der Waals surface area (Å²) in [6, 6.07) is 0. The van der Waals surface area contributed by atoms with Gasteiger partial charge in [0.1, 0.15) is 0 Å². The van der Waals surface area contributed by atoms with E-state index in [0.717, 1.165) is 38.4 Å². The third-order valence-corrected chi connectivity index (χ3v) is 4.44. The summed E-state index contributed by atoms with van der Waals surface area (Å²) in [5.41, 5.74) is 0. The quantitative estimate of drug-likeness (QED) is 0.348. The summed E-state index contributed by atoms with van der Waals surface area (Å²) in [7, 11) is 1.76. The van der Waals surface area contributed by atoms with Crippen LogP contribution in [0.1, 0.15) is 58.8 Å². The molecule has 2 N–H and O–H groups in total. The molecule has 1 amide bonds. The van der Waals surface area contributed by atoms with Gasteiger partial charge in [0.2, 0.25) is 5.91 Å². The normalized spacial score (nSPS) is 16.5. The molecule has 0 aromatic carbocycles. The number of carbonyl (C=O) groups excluding carboxylic acids is 1. The molecule has 0 aliphatic carbocycles. The Hall–Kier alpha value is -0.530. The van der Waals surface area contributed by atoms with E-state index in [1.165, 1.54) is 32.1 Å². The topological polar surface area (TPSA) is 56.7 Å². The Bertz CT molecular complexity index is 343. The maximum Gasteiger partial charge on any atom is 0.241 e. The minimum atomic E-state index is 0. The number of halogens is 1. The van der Waals surface area contributed by atoms with Gasteiger partial charge in [0, 0.05) is 26.7 Å². The van der Waals surface area contributed by atoms with Gasteiger partial charge in [-0.15, -0.1) is 24.0 Å². The maximum atomic E-state index is 12.1. The van der Waals surface area contributed by atoms with Crippen molar-refractivity contribution >= 4 is 35.8 Å². The molecule has 1 rings (SSSR count). The molecular formula is C17H35IN4O. The van der Waals surface area contributed by atoms with Crippen LogP contribution in [-0.4, -0.2) is 50.0 Å². The Morgan fingerprint density at radius 3 is 2.43 bits per heavy atom. The number of carbonyl (C=O) groups is 1. The number of piperidine rings is 1. The Morgan fingerprint density at radius 2 is 1.87 bits per heavy atom. The van der Waals surface area contributed by atoms with Crippen LogP contribution in [0.5, 0.6) is 0 Å². The average molecular weight is 438 g/mol. The lowest BCUT2D eigenvalue weighted by Crippen LogP contribution is -2.46. The molecule has 1 aliphatic heterocycles. The van der Waals surface area contributed by atoms with Gasteiger partial charge in [-0.1, -0.05) is 33.1 Å². The van der Waals surface area contributed by atoms with E-state index in [0.29, 0.717) is 12.5 Å². The molecule has 1 fully saturated rings. The van der Waals surface area contributed by atoms with Crippen molar-refractivity contribution in [3.8, 4) is 0 Å². The zero-order valence-electron chi connectivity index (χ0n) is 15.1. The maximum absolute atomic E-state index is 12.1. The van der Waals surface area contributed by atoms with E-state index in [9.17, 15) is 4.79 Å². The fourth-order valence-electron chi connectivity index (χ4n) is 2.82. The summed E-state index contributed by atoms with van der Waals surface area (Å²) in [6.45, 7) is 7.54. The number of unbranched alkanes of at least 4 members (excludes halogenated alkanes) is 1. The Morgan fingerprint density at radius 1 is 1.17 bits per heavy atom. The highest BCUT2D eigenvalue weighted by atomic mass is 127. The largest absolute Gasteiger partial charge is 0.356 e. The van der Waals surface area contributed by atoms with Gasteiger partial charge >= 0.3 is 0 Å². The van der Waals surface area contributed by atoms with E-state index in [4.69, 9.17) is 0 Å². The number of nitrogens with one attached hydrogen (secondary N) is 2. The fraction of sp³-hybridized carbons (Fsp3) is 0.882. The first kappa shape index (κ1) is 22.5. The van der Waals surface area contributed by atoms with Crippen LogP contribution in [0.25, 0.3) is 0 Å². The number of rotatable bonds is 8. The van der Waals surface area contributed by atoms with Gasteiger partial charge in [-0.05, 0) is 31.6 Å². The van der Waals surface area contributed by atoms with Crippen molar-refractivity contribution in [1.29, 1.82) is 0 Å². The van der Waals surface area contributed by atoms with E-state index in [-0.39, 0.29) is 29.9 Å². The van der Waals surface area contributed by atoms with Crippen LogP contribution in [0, 0.1) is 5.92 Å². The Kier molecular flexibility index (Phi) is 13.5. The third kappa shape index (κ3) is 9.37. The predicted octanol–water partition coefficient (Wildman–Crippen LogP) is 3.00. The summed E-state index contributed by atoms with van der Waals surface area (Å²) in [5.74, 6) is 1.59. The number of likely N-dealkylation sites (tertiary alicyclic amines) is 1. The fourth-order valence-corrected chi connectivity index (χ4v) is 2.82. The number of guanidine groups is 1. The molecule has 0 spiro atoms. The van der Waals surface area contributed by atoms with Gasteiger partial charge in [-0.2, -0.15) is 0 Å². The lowest BCUT2D eigenvalue weighted by atomic mass is 9.99. The van der Waals surface area contributed by atoms with Crippen LogP contribution < -0.4 is 10.6 Å². The summed E-state index contributed by atoms with van der Waals surface area (Å²) in [6.07, 6.45) is 8.47. The minimum absolute atomic E-state index is 0. The van der Waals surface area contributed by atoms with Gasteiger partial charge in [0.15, 0.2) is 5.96 Å². The summed E-state index contributed by atoms with van der Waals surface area (Å²) < 4.78 is 0. The standard InChI is InChI=1S/C17H34N4O.HI/c1-4-6-10-15(5-2)13-19-17(18-3)20-14-16(22)21-11-8-7-9-12-21;/h15H,4-14H2,1-3H3,(H2,18,19,20);1H. The average Bonchev–Trinajstić information content (AvgIpc) is 2.58. The number of hydrogen-bond acceptors (Lipinski definition) is 2. The van der Waals surface area contributed by atoms with E-state index in [1.54, 1.807) is 7.05 Å². The molecular weight excluding hydrogens is 403 g/mol. The van der Waals surface area contributed by atoms with Gasteiger partial charge in [-0.3, -0.25) is 9.79 Å². The molecule has 1 heterocycles. The lowest BCUT2D eigenvalue weighted by molar-refractivity contribution is -0.130. The van der Waals surface area contributed by atoms with E-state index in [1.807, 2.05) is 4.90 Å². The first-order valence-corrected chi connectivity index (χ1v) is 8.93. The van der Waals surface area contributed by atoms with Crippen molar-refractivity contribution in [3.63, 3.8) is 0 Å². The van der Waals surface area contributed by atoms with E-state index < -0.39 is 0 Å². The number of hydrogen-bond donors (Lipinski definition) is 2. The molecule has 0 radical (unpaired) electrons. The van der Waals surface area contributed by atoms with Crippen molar-refractivity contribution < 1.29 is 4.79 Å². The Labute approximate surface area is 159 Å². The van der Waals surface area contributed by atoms with Crippen LogP contribution in [-0.2, 0) is 4.79 Å². The number of amides is 1. The second-order valence-electron chi connectivity index (χ2n) is 6.16. The van der Waals surface area contributed by atoms with Gasteiger partial charge in [-0.25, -0.2) is 0 Å². The second-order valence-corrected chi connectivity index (χ2v) is 6.16. The Balaban J connectivity index is 0.00000484. The highest BCUT2D eigenvalue weighted by Crippen LogP contribution is 2.11. The second kappa shape index (κ2) is 13.9. The lowest BCUT2D eigenvalue weighted by Gasteiger charge is -2.27. The van der Waals surface area contributed by atoms with Crippen LogP contribution in [0.3, 0.4) is 0 Å². The zero-order valence-corrected chi connectivity index (χ0v) is 17.4. The molecule has 1 unspecified atom stereocenters. The van der Waals surface area contributed by atoms with E-state index >= 15 is 0 Å². The predicted molar refractivity (Wildman–Crippen MR) is 109 cm³/mol. The van der Waals surface area contributed by atoms with Crippen molar-refractivity contribution in [2.75, 3.05) is 33.2 Å². The van der Waals surface area contributed by atoms with Crippen LogP contribution in [0.2, 0.25) is 0 Å². The van der Waals surface area contributed by atoms with Gasteiger partial charge < -0.3 is 15.5 Å². The molecule has 0 bridgehead atoms. The zero-order chi connectivity index (χ0) is 16.2. The van der Waals surface area contributed by atoms with E-state index in [2.05, 4.69) is 29.5 Å². The van der Waals surface area contributed by atoms with Gasteiger partial charge in [0.25, 0.3) is 0 Å². The summed E-state index contributed by atoms with van der Waals surface area (Å²) in [5, 5.41) is 6.51. The molecule has 136 valence electrons. The molecule has 23 heavy (non-hydrogen) atoms. The first-order chi connectivity index (χ1) is 10.7. The van der Waals surface area contributed by atoms with Gasteiger partial charge in [0.05, 0.1) is 6.54 Å². The number of aliphatic imine (C=N–C) groups is 1. The molecule has 1 saturated heterocycles. The molecule has 6 heteroatoms. The third-order valence-electron chi connectivity index (χ3n) is 4.44. The van der Waals surface area contributed by atoms with Crippen molar-refractivity contribution in [3.05, 3.63) is 0 Å². The monoisotopic (exact) mass is 438 g/mol. The van der Waals surface area contributed by atoms with Crippen molar-refractivity contribution in [2.45, 2.75) is 58.8 Å². The summed E-state index contributed by atoms with van der Waals surface area (Å²) >= 11 is 0. The smallest absolute Gasteiger partial charge is 0.241 e. The highest BCUT2D eigenvalue weighted by molar-refractivity contribution is 14.0. The molecule has 0 aromatic rings. The number of nitrogens with zero attached hydrogens (tertiary/aromatic N) is 2. The first-order valence-electron chi connectivity index (χ1n) is 8.93. The SMILES string of the molecule is CCCCC(CC)CNC(=NC)NCC(=O)N1CCCCC1.I. The van der Waals surface area contributed by atoms with Crippen molar-refractivity contribution in [1.82, 2.24) is 15.5 Å². The summed E-state index contributed by atoms with van der Waals surface area (Å²) in [4.78, 5) is 18.3. The molecule has 0 saturated carbocycles. The molecule has 5 nitrogen and oxygen atoms in total. The van der Waals surface area contributed by atoms with Crippen molar-refractivity contribution in [2.24, 2.45) is 10.9 Å². The molecule has 1 aliphatic rings. The highest BCUT2D eigenvalue weighted by Gasteiger charge is 2.16. The minimum Gasteiger partial charge on any atom is -0.356 e. The molecule has 1 atom stereocenters. The van der Waals surface area contributed by atoms with Crippen LogP contribution >= 0.6 is 24.0 Å². The van der Waals surface area contributed by atoms with Crippen LogP contribution in [0.15, 0.2) is 4.99 Å². The molecule has 0 aromatic heterocycles. The van der Waals surface area contributed by atoms with Crippen LogP contribution in [0.4, 0.5) is 0 Å².